The van der Waals surface area contributed by atoms with Gasteiger partial charge in [0.25, 0.3) is 0 Å². The Hall–Kier alpha value is -6.36. The predicted molar refractivity (Wildman–Crippen MR) is 211 cm³/mol. The molecule has 0 aliphatic carbocycles. The van der Waals surface area contributed by atoms with Crippen LogP contribution in [0.25, 0.3) is 92.7 Å². The van der Waals surface area contributed by atoms with Crippen molar-refractivity contribution in [3.05, 3.63) is 176 Å². The third-order valence-corrected chi connectivity index (χ3v) is 10.8. The molecule has 0 bridgehead atoms. The largest absolute Gasteiger partial charge is 0.309 e. The number of rotatable bonds is 5. The van der Waals surface area contributed by atoms with E-state index in [2.05, 4.69) is 156 Å². The molecule has 3 heterocycles. The van der Waals surface area contributed by atoms with E-state index in [9.17, 15) is 0 Å². The van der Waals surface area contributed by atoms with E-state index < -0.39 is 0 Å². The van der Waals surface area contributed by atoms with Crippen LogP contribution in [0.2, 0.25) is 0 Å². The Bertz CT molecular complexity index is 2840. The number of nitrogens with zero attached hydrogens (tertiary/aromatic N) is 3. The Kier molecular flexibility index (Phi) is 6.68. The first-order valence-electron chi connectivity index (χ1n) is 16.8. The molecule has 3 nitrogen and oxygen atoms in total. The molecule has 0 saturated heterocycles. The lowest BCUT2D eigenvalue weighted by Crippen LogP contribution is -1.93. The zero-order chi connectivity index (χ0) is 33.0. The van der Waals surface area contributed by atoms with Crippen molar-refractivity contribution in [2.45, 2.75) is 0 Å². The van der Waals surface area contributed by atoms with Crippen molar-refractivity contribution in [3.8, 4) is 50.6 Å². The maximum absolute atomic E-state index is 5.18. The molecule has 0 amide bonds. The van der Waals surface area contributed by atoms with Gasteiger partial charge in [-0.15, -0.1) is 11.3 Å². The van der Waals surface area contributed by atoms with Gasteiger partial charge in [-0.3, -0.25) is 0 Å². The molecule has 0 radical (unpaired) electrons. The summed E-state index contributed by atoms with van der Waals surface area (Å²) in [6.45, 7) is 0. The first kappa shape index (κ1) is 28.6. The highest BCUT2D eigenvalue weighted by atomic mass is 32.1. The van der Waals surface area contributed by atoms with Gasteiger partial charge in [-0.2, -0.15) is 0 Å². The van der Waals surface area contributed by atoms with E-state index in [4.69, 9.17) is 9.97 Å². The summed E-state index contributed by atoms with van der Waals surface area (Å²) in [5.74, 6) is 0.745. The minimum atomic E-state index is 0.745. The molecule has 3 aromatic heterocycles. The number of aromatic nitrogens is 3. The van der Waals surface area contributed by atoms with Crippen molar-refractivity contribution in [1.82, 2.24) is 14.5 Å². The molecule has 0 unspecified atom stereocenters. The molecule has 50 heavy (non-hydrogen) atoms. The van der Waals surface area contributed by atoms with E-state index in [1.165, 1.54) is 54.4 Å². The second kappa shape index (κ2) is 11.7. The fraction of sp³-hybridized carbons (Fsp3) is 0. The summed E-state index contributed by atoms with van der Waals surface area (Å²) >= 11 is 1.77. The summed E-state index contributed by atoms with van der Waals surface area (Å²) in [4.78, 5) is 10.3. The second-order valence-corrected chi connectivity index (χ2v) is 13.6. The summed E-state index contributed by atoms with van der Waals surface area (Å²) in [5, 5.41) is 3.68. The highest BCUT2D eigenvalue weighted by Crippen LogP contribution is 2.42. The highest BCUT2D eigenvalue weighted by molar-refractivity contribution is 7.26. The fourth-order valence-electron chi connectivity index (χ4n) is 7.29. The topological polar surface area (TPSA) is 30.7 Å². The van der Waals surface area contributed by atoms with Gasteiger partial charge in [0.1, 0.15) is 0 Å². The van der Waals surface area contributed by atoms with Crippen LogP contribution in [-0.4, -0.2) is 14.5 Å². The Labute approximate surface area is 293 Å². The maximum atomic E-state index is 5.18. The molecule has 0 aliphatic rings. The van der Waals surface area contributed by atoms with Crippen LogP contribution >= 0.6 is 11.3 Å². The van der Waals surface area contributed by atoms with E-state index in [0.717, 1.165) is 38.2 Å². The van der Waals surface area contributed by atoms with Crippen LogP contribution < -0.4 is 0 Å². The third-order valence-electron chi connectivity index (χ3n) is 9.63. The van der Waals surface area contributed by atoms with Crippen molar-refractivity contribution in [2.75, 3.05) is 0 Å². The number of hydrogen-bond acceptors (Lipinski definition) is 3. The van der Waals surface area contributed by atoms with E-state index in [1.807, 2.05) is 24.3 Å². The molecule has 0 fully saturated rings. The number of para-hydroxylation sites is 2. The standard InChI is InChI=1S/C46H29N3S/c1-4-13-32(14-5-1)43-45-44(48-46(47-43)33-15-6-2-7-16-33)38-29-34(27-28-41(38)50-45)30-23-25-31(26-24-30)36-20-12-22-40-42(36)37-19-10-11-21-39(37)49(40)35-17-8-3-9-18-35/h1-29H. The van der Waals surface area contributed by atoms with Crippen LogP contribution in [0.4, 0.5) is 0 Å². The number of hydrogen-bond donors (Lipinski definition) is 0. The molecule has 234 valence electrons. The highest BCUT2D eigenvalue weighted by Gasteiger charge is 2.18. The Balaban J connectivity index is 1.10. The van der Waals surface area contributed by atoms with Gasteiger partial charge < -0.3 is 4.57 Å². The summed E-state index contributed by atoms with van der Waals surface area (Å²) in [6, 6.07) is 62.5. The Morgan fingerprint density at radius 2 is 1.08 bits per heavy atom. The number of benzene rings is 7. The number of thiophene rings is 1. The number of fused-ring (bicyclic) bond motifs is 6. The van der Waals surface area contributed by atoms with Gasteiger partial charge >= 0.3 is 0 Å². The normalized spacial score (nSPS) is 11.6. The SMILES string of the molecule is c1ccc(-c2nc(-c3ccccc3)c3sc4ccc(-c5ccc(-c6cccc7c6c6ccccc6n7-c6ccccc6)cc5)cc4c3n2)cc1. The van der Waals surface area contributed by atoms with Crippen LogP contribution in [0, 0.1) is 0 Å². The average molecular weight is 656 g/mol. The van der Waals surface area contributed by atoms with E-state index in [0.29, 0.717) is 0 Å². The lowest BCUT2D eigenvalue weighted by Gasteiger charge is -2.09. The van der Waals surface area contributed by atoms with Crippen molar-refractivity contribution in [2.24, 2.45) is 0 Å². The van der Waals surface area contributed by atoms with Crippen LogP contribution in [0.5, 0.6) is 0 Å². The van der Waals surface area contributed by atoms with Crippen molar-refractivity contribution < 1.29 is 0 Å². The van der Waals surface area contributed by atoms with Gasteiger partial charge in [0.2, 0.25) is 0 Å². The molecule has 4 heteroatoms. The summed E-state index contributed by atoms with van der Waals surface area (Å²) in [5.41, 5.74) is 12.5. The quantitative estimate of drug-likeness (QED) is 0.185. The van der Waals surface area contributed by atoms with Crippen molar-refractivity contribution in [1.29, 1.82) is 0 Å². The van der Waals surface area contributed by atoms with Crippen molar-refractivity contribution >= 4 is 53.4 Å². The lowest BCUT2D eigenvalue weighted by atomic mass is 9.96. The molecule has 0 spiro atoms. The van der Waals surface area contributed by atoms with Crippen LogP contribution in [-0.2, 0) is 0 Å². The molecule has 0 atom stereocenters. The van der Waals surface area contributed by atoms with Crippen LogP contribution in [0.15, 0.2) is 176 Å². The zero-order valence-electron chi connectivity index (χ0n) is 27.0. The minimum Gasteiger partial charge on any atom is -0.309 e. The van der Waals surface area contributed by atoms with E-state index in [1.54, 1.807) is 11.3 Å². The molecule has 10 rings (SSSR count). The van der Waals surface area contributed by atoms with Gasteiger partial charge in [-0.25, -0.2) is 9.97 Å². The van der Waals surface area contributed by atoms with Gasteiger partial charge in [0.15, 0.2) is 5.82 Å². The van der Waals surface area contributed by atoms with E-state index in [-0.39, 0.29) is 0 Å². The first-order chi connectivity index (χ1) is 24.8. The van der Waals surface area contributed by atoms with Gasteiger partial charge in [0, 0.05) is 37.7 Å². The maximum Gasteiger partial charge on any atom is 0.160 e. The zero-order valence-corrected chi connectivity index (χ0v) is 27.8. The molecule has 0 aliphatic heterocycles. The second-order valence-electron chi connectivity index (χ2n) is 12.6. The molecular weight excluding hydrogens is 627 g/mol. The van der Waals surface area contributed by atoms with Gasteiger partial charge in [0.05, 0.1) is 26.9 Å². The van der Waals surface area contributed by atoms with E-state index >= 15 is 0 Å². The summed E-state index contributed by atoms with van der Waals surface area (Å²) < 4.78 is 4.69. The predicted octanol–water partition coefficient (Wildman–Crippen LogP) is 12.6. The van der Waals surface area contributed by atoms with Gasteiger partial charge in [-0.05, 0) is 58.7 Å². The summed E-state index contributed by atoms with van der Waals surface area (Å²) in [6.07, 6.45) is 0. The van der Waals surface area contributed by atoms with Crippen LogP contribution in [0.3, 0.4) is 0 Å². The van der Waals surface area contributed by atoms with Crippen LogP contribution in [0.1, 0.15) is 0 Å². The first-order valence-corrected chi connectivity index (χ1v) is 17.7. The fourth-order valence-corrected chi connectivity index (χ4v) is 8.42. The average Bonchev–Trinajstić information content (AvgIpc) is 3.74. The lowest BCUT2D eigenvalue weighted by molar-refractivity contribution is 1.18. The van der Waals surface area contributed by atoms with Crippen molar-refractivity contribution in [3.63, 3.8) is 0 Å². The summed E-state index contributed by atoms with van der Waals surface area (Å²) in [7, 11) is 0. The van der Waals surface area contributed by atoms with Gasteiger partial charge in [-0.1, -0.05) is 140 Å². The molecular formula is C46H29N3S. The molecule has 7 aromatic carbocycles. The molecule has 10 aromatic rings. The molecule has 0 saturated carbocycles. The third kappa shape index (κ3) is 4.65. The molecule has 0 N–H and O–H groups in total. The smallest absolute Gasteiger partial charge is 0.160 e. The Morgan fingerprint density at radius 1 is 0.440 bits per heavy atom. The Morgan fingerprint density at radius 3 is 1.86 bits per heavy atom. The minimum absolute atomic E-state index is 0.745. The monoisotopic (exact) mass is 655 g/mol.